The lowest BCUT2D eigenvalue weighted by Crippen LogP contribution is -2.10. The van der Waals surface area contributed by atoms with E-state index in [1.165, 1.54) is 6.42 Å². The number of hydrogen-bond donors (Lipinski definition) is 1. The van der Waals surface area contributed by atoms with Crippen LogP contribution in [0.1, 0.15) is 37.8 Å². The number of pyridine rings is 1. The van der Waals surface area contributed by atoms with Crippen LogP contribution in [0, 0.1) is 0 Å². The maximum Gasteiger partial charge on any atom is 0.137 e. The van der Waals surface area contributed by atoms with E-state index in [0.717, 1.165) is 24.2 Å². The summed E-state index contributed by atoms with van der Waals surface area (Å²) in [6.07, 6.45) is 6.83. The van der Waals surface area contributed by atoms with Gasteiger partial charge in [-0.2, -0.15) is 0 Å². The minimum atomic E-state index is 0.0811. The van der Waals surface area contributed by atoms with Crippen LogP contribution in [0.25, 0.3) is 0 Å². The van der Waals surface area contributed by atoms with E-state index in [4.69, 9.17) is 10.5 Å². The molecule has 1 heterocycles. The van der Waals surface area contributed by atoms with Crippen molar-refractivity contribution in [2.75, 3.05) is 7.11 Å². The molecule has 0 aliphatic rings. The Bertz CT molecular complexity index is 276. The predicted molar refractivity (Wildman–Crippen MR) is 57.2 cm³/mol. The Morgan fingerprint density at radius 3 is 2.93 bits per heavy atom. The summed E-state index contributed by atoms with van der Waals surface area (Å²) in [5.41, 5.74) is 7.06. The molecular weight excluding hydrogens is 176 g/mol. The van der Waals surface area contributed by atoms with Gasteiger partial charge < -0.3 is 10.5 Å². The molecule has 0 spiro atoms. The van der Waals surface area contributed by atoms with Crippen molar-refractivity contribution < 1.29 is 4.74 Å². The number of unbranched alkanes of at least 4 members (excludes halogenated alkanes) is 1. The number of nitrogens with two attached hydrogens (primary N) is 1. The summed E-state index contributed by atoms with van der Waals surface area (Å²) >= 11 is 0. The second-order valence-corrected chi connectivity index (χ2v) is 3.41. The molecule has 1 unspecified atom stereocenters. The Labute approximate surface area is 85.3 Å². The molecule has 0 radical (unpaired) electrons. The summed E-state index contributed by atoms with van der Waals surface area (Å²) in [4.78, 5) is 4.08. The summed E-state index contributed by atoms with van der Waals surface area (Å²) in [6.45, 7) is 2.16. The molecule has 1 aromatic rings. The van der Waals surface area contributed by atoms with Gasteiger partial charge in [-0.15, -0.1) is 0 Å². The Hall–Kier alpha value is -1.09. The van der Waals surface area contributed by atoms with Crippen molar-refractivity contribution in [1.82, 2.24) is 4.98 Å². The Morgan fingerprint density at radius 2 is 2.29 bits per heavy atom. The molecule has 0 aliphatic heterocycles. The SMILES string of the molecule is CCCCC(N)c1cncc(OC)c1. The van der Waals surface area contributed by atoms with Gasteiger partial charge in [0, 0.05) is 12.2 Å². The number of hydrogen-bond acceptors (Lipinski definition) is 3. The largest absolute Gasteiger partial charge is 0.495 e. The van der Waals surface area contributed by atoms with Gasteiger partial charge in [0.25, 0.3) is 0 Å². The van der Waals surface area contributed by atoms with E-state index in [2.05, 4.69) is 11.9 Å². The second-order valence-electron chi connectivity index (χ2n) is 3.41. The van der Waals surface area contributed by atoms with Crippen LogP contribution in [0.2, 0.25) is 0 Å². The third kappa shape index (κ3) is 3.00. The fraction of sp³-hybridized carbons (Fsp3) is 0.545. The molecule has 1 atom stereocenters. The molecule has 0 bridgehead atoms. The highest BCUT2D eigenvalue weighted by atomic mass is 16.5. The van der Waals surface area contributed by atoms with E-state index < -0.39 is 0 Å². The van der Waals surface area contributed by atoms with Crippen molar-refractivity contribution in [3.63, 3.8) is 0 Å². The van der Waals surface area contributed by atoms with Crippen LogP contribution in [0.15, 0.2) is 18.5 Å². The van der Waals surface area contributed by atoms with Gasteiger partial charge in [0.05, 0.1) is 13.3 Å². The van der Waals surface area contributed by atoms with Crippen molar-refractivity contribution in [3.05, 3.63) is 24.0 Å². The Morgan fingerprint density at radius 1 is 1.50 bits per heavy atom. The number of nitrogens with zero attached hydrogens (tertiary/aromatic N) is 1. The highest BCUT2D eigenvalue weighted by molar-refractivity contribution is 5.25. The van der Waals surface area contributed by atoms with Crippen LogP contribution >= 0.6 is 0 Å². The summed E-state index contributed by atoms with van der Waals surface area (Å²) in [6, 6.07) is 2.03. The molecule has 2 N–H and O–H groups in total. The fourth-order valence-electron chi connectivity index (χ4n) is 1.34. The monoisotopic (exact) mass is 194 g/mol. The number of rotatable bonds is 5. The number of ether oxygens (including phenoxy) is 1. The molecule has 0 saturated heterocycles. The Kier molecular flexibility index (Phi) is 4.40. The van der Waals surface area contributed by atoms with E-state index in [1.54, 1.807) is 13.3 Å². The predicted octanol–water partition coefficient (Wildman–Crippen LogP) is 2.28. The first-order valence-corrected chi connectivity index (χ1v) is 5.02. The molecule has 1 rings (SSSR count). The lowest BCUT2D eigenvalue weighted by Gasteiger charge is -2.11. The Balaban J connectivity index is 2.64. The third-order valence-corrected chi connectivity index (χ3v) is 2.27. The molecule has 1 aromatic heterocycles. The maximum absolute atomic E-state index is 6.01. The van der Waals surface area contributed by atoms with Crippen LogP contribution in [0.4, 0.5) is 0 Å². The van der Waals surface area contributed by atoms with Gasteiger partial charge in [0.15, 0.2) is 0 Å². The average molecular weight is 194 g/mol. The standard InChI is InChI=1S/C11H18N2O/c1-3-4-5-11(12)9-6-10(14-2)8-13-7-9/h6-8,11H,3-5,12H2,1-2H3. The van der Waals surface area contributed by atoms with Crippen LogP contribution < -0.4 is 10.5 Å². The maximum atomic E-state index is 6.01. The van der Waals surface area contributed by atoms with E-state index >= 15 is 0 Å². The van der Waals surface area contributed by atoms with Crippen molar-refractivity contribution >= 4 is 0 Å². The van der Waals surface area contributed by atoms with E-state index in [0.29, 0.717) is 0 Å². The molecule has 0 saturated carbocycles. The average Bonchev–Trinajstić information content (AvgIpc) is 2.26. The summed E-state index contributed by atoms with van der Waals surface area (Å²) in [7, 11) is 1.64. The highest BCUT2D eigenvalue weighted by Crippen LogP contribution is 2.19. The second kappa shape index (κ2) is 5.60. The lowest BCUT2D eigenvalue weighted by atomic mass is 10.0. The molecular formula is C11H18N2O. The van der Waals surface area contributed by atoms with Crippen LogP contribution in [-0.4, -0.2) is 12.1 Å². The van der Waals surface area contributed by atoms with Crippen molar-refractivity contribution in [1.29, 1.82) is 0 Å². The smallest absolute Gasteiger partial charge is 0.137 e. The molecule has 0 fully saturated rings. The van der Waals surface area contributed by atoms with Crippen LogP contribution in [0.5, 0.6) is 5.75 Å². The van der Waals surface area contributed by atoms with Gasteiger partial charge in [-0.05, 0) is 18.1 Å². The zero-order valence-electron chi connectivity index (χ0n) is 8.86. The zero-order valence-corrected chi connectivity index (χ0v) is 8.86. The lowest BCUT2D eigenvalue weighted by molar-refractivity contribution is 0.411. The molecule has 14 heavy (non-hydrogen) atoms. The third-order valence-electron chi connectivity index (χ3n) is 2.27. The van der Waals surface area contributed by atoms with Gasteiger partial charge in [-0.3, -0.25) is 4.98 Å². The zero-order chi connectivity index (χ0) is 10.4. The first kappa shape index (κ1) is 11.0. The molecule has 3 nitrogen and oxygen atoms in total. The summed E-state index contributed by atoms with van der Waals surface area (Å²) in [5.74, 6) is 0.773. The van der Waals surface area contributed by atoms with Gasteiger partial charge >= 0.3 is 0 Å². The van der Waals surface area contributed by atoms with Crippen molar-refractivity contribution in [2.24, 2.45) is 5.73 Å². The van der Waals surface area contributed by atoms with Gasteiger partial charge in [0.2, 0.25) is 0 Å². The number of methoxy groups -OCH3 is 1. The summed E-state index contributed by atoms with van der Waals surface area (Å²) < 4.78 is 5.09. The molecule has 78 valence electrons. The van der Waals surface area contributed by atoms with Gasteiger partial charge in [-0.25, -0.2) is 0 Å². The van der Waals surface area contributed by atoms with Gasteiger partial charge in [-0.1, -0.05) is 19.8 Å². The topological polar surface area (TPSA) is 48.1 Å². The minimum Gasteiger partial charge on any atom is -0.495 e. The molecule has 0 aliphatic carbocycles. The van der Waals surface area contributed by atoms with Crippen LogP contribution in [-0.2, 0) is 0 Å². The highest BCUT2D eigenvalue weighted by Gasteiger charge is 2.06. The molecule has 3 heteroatoms. The summed E-state index contributed by atoms with van der Waals surface area (Å²) in [5, 5.41) is 0. The van der Waals surface area contributed by atoms with Gasteiger partial charge in [0.1, 0.15) is 5.75 Å². The number of aromatic nitrogens is 1. The molecule has 0 aromatic carbocycles. The van der Waals surface area contributed by atoms with Crippen molar-refractivity contribution in [2.45, 2.75) is 32.2 Å². The molecule has 0 amide bonds. The van der Waals surface area contributed by atoms with Crippen LogP contribution in [0.3, 0.4) is 0 Å². The fourth-order valence-corrected chi connectivity index (χ4v) is 1.34. The normalized spacial score (nSPS) is 12.5. The van der Waals surface area contributed by atoms with Crippen molar-refractivity contribution in [3.8, 4) is 5.75 Å². The first-order chi connectivity index (χ1) is 6.77. The minimum absolute atomic E-state index is 0.0811. The van der Waals surface area contributed by atoms with E-state index in [1.807, 2.05) is 12.3 Å². The van der Waals surface area contributed by atoms with E-state index in [-0.39, 0.29) is 6.04 Å². The van der Waals surface area contributed by atoms with E-state index in [9.17, 15) is 0 Å². The quantitative estimate of drug-likeness (QED) is 0.782. The first-order valence-electron chi connectivity index (χ1n) is 5.02.